The molecule has 1 aromatic carbocycles. The van der Waals surface area contributed by atoms with Crippen molar-refractivity contribution in [2.24, 2.45) is 5.73 Å². The number of nitrogens with two attached hydrogens (primary N) is 1. The van der Waals surface area contributed by atoms with Gasteiger partial charge in [0, 0.05) is 25.7 Å². The van der Waals surface area contributed by atoms with E-state index in [-0.39, 0.29) is 0 Å². The third kappa shape index (κ3) is 3.55. The van der Waals surface area contributed by atoms with E-state index in [0.717, 1.165) is 39.1 Å². The highest BCUT2D eigenvalue weighted by Gasteiger charge is 2.23. The van der Waals surface area contributed by atoms with E-state index in [1.54, 1.807) is 0 Å². The van der Waals surface area contributed by atoms with Gasteiger partial charge < -0.3 is 10.5 Å². The largest absolute Gasteiger partial charge is 0.377 e. The number of hydrogen-bond donors (Lipinski definition) is 1. The molecule has 0 spiro atoms. The zero-order chi connectivity index (χ0) is 12.8. The highest BCUT2D eigenvalue weighted by Crippen LogP contribution is 2.25. The van der Waals surface area contributed by atoms with Gasteiger partial charge in [0.1, 0.15) is 0 Å². The van der Waals surface area contributed by atoms with Crippen LogP contribution in [-0.4, -0.2) is 37.2 Å². The Balaban J connectivity index is 2.13. The molecular weight excluding hydrogens is 224 g/mol. The molecule has 100 valence electrons. The van der Waals surface area contributed by atoms with Gasteiger partial charge in [0.2, 0.25) is 0 Å². The van der Waals surface area contributed by atoms with Gasteiger partial charge in [0.15, 0.2) is 0 Å². The fourth-order valence-corrected chi connectivity index (χ4v) is 2.70. The van der Waals surface area contributed by atoms with Crippen molar-refractivity contribution in [3.8, 4) is 0 Å². The van der Waals surface area contributed by atoms with Gasteiger partial charge in [0.25, 0.3) is 0 Å². The second-order valence-electron chi connectivity index (χ2n) is 5.03. The van der Waals surface area contributed by atoms with E-state index in [1.807, 2.05) is 0 Å². The number of rotatable bonds is 4. The maximum atomic E-state index is 5.79. The molecule has 1 heterocycles. The Morgan fingerprint density at radius 1 is 1.39 bits per heavy atom. The van der Waals surface area contributed by atoms with Crippen molar-refractivity contribution in [3.05, 3.63) is 35.9 Å². The van der Waals surface area contributed by atoms with Crippen molar-refractivity contribution in [2.45, 2.75) is 31.9 Å². The predicted molar refractivity (Wildman–Crippen MR) is 74.5 cm³/mol. The lowest BCUT2D eigenvalue weighted by Gasteiger charge is -2.31. The summed E-state index contributed by atoms with van der Waals surface area (Å²) in [6, 6.07) is 11.1. The van der Waals surface area contributed by atoms with Crippen molar-refractivity contribution in [2.75, 3.05) is 26.2 Å². The summed E-state index contributed by atoms with van der Waals surface area (Å²) in [5.41, 5.74) is 7.16. The number of nitrogens with zero attached hydrogens (tertiary/aromatic N) is 1. The lowest BCUT2D eigenvalue weighted by molar-refractivity contribution is 0.0598. The standard InChI is InChI=1S/C15H24N2O/c1-13-12-17(10-5-11-18-13)15(8-9-16)14-6-3-2-4-7-14/h2-4,6-7,13,15H,5,8-12,16H2,1H3. The lowest BCUT2D eigenvalue weighted by Crippen LogP contribution is -2.35. The van der Waals surface area contributed by atoms with Crippen molar-refractivity contribution >= 4 is 0 Å². The van der Waals surface area contributed by atoms with E-state index in [4.69, 9.17) is 10.5 Å². The summed E-state index contributed by atoms with van der Waals surface area (Å²) in [6.45, 7) is 5.86. The molecule has 18 heavy (non-hydrogen) atoms. The summed E-state index contributed by atoms with van der Waals surface area (Å²) in [6.07, 6.45) is 2.44. The van der Waals surface area contributed by atoms with Crippen LogP contribution in [0.2, 0.25) is 0 Å². The number of ether oxygens (including phenoxy) is 1. The van der Waals surface area contributed by atoms with Crippen LogP contribution in [0, 0.1) is 0 Å². The van der Waals surface area contributed by atoms with Crippen LogP contribution in [0.25, 0.3) is 0 Å². The van der Waals surface area contributed by atoms with Gasteiger partial charge in [-0.05, 0) is 31.9 Å². The van der Waals surface area contributed by atoms with Gasteiger partial charge in [-0.2, -0.15) is 0 Å². The Labute approximate surface area is 110 Å². The molecule has 3 heteroatoms. The molecule has 0 aliphatic carbocycles. The average Bonchev–Trinajstić information content (AvgIpc) is 2.61. The van der Waals surface area contributed by atoms with Gasteiger partial charge in [-0.15, -0.1) is 0 Å². The first kappa shape index (κ1) is 13.5. The zero-order valence-corrected chi connectivity index (χ0v) is 11.2. The van der Waals surface area contributed by atoms with Crippen LogP contribution < -0.4 is 5.73 Å². The first-order valence-electron chi connectivity index (χ1n) is 6.92. The summed E-state index contributed by atoms with van der Waals surface area (Å²) in [5.74, 6) is 0. The van der Waals surface area contributed by atoms with Crippen LogP contribution in [0.4, 0.5) is 0 Å². The number of hydrogen-bond acceptors (Lipinski definition) is 3. The Bertz CT molecular complexity index is 342. The van der Waals surface area contributed by atoms with E-state index >= 15 is 0 Å². The van der Waals surface area contributed by atoms with Crippen LogP contribution in [-0.2, 0) is 4.74 Å². The molecule has 2 unspecified atom stereocenters. The van der Waals surface area contributed by atoms with Crippen LogP contribution in [0.5, 0.6) is 0 Å². The topological polar surface area (TPSA) is 38.5 Å². The summed E-state index contributed by atoms with van der Waals surface area (Å²) < 4.78 is 5.72. The van der Waals surface area contributed by atoms with Gasteiger partial charge in [-0.25, -0.2) is 0 Å². The molecule has 1 aliphatic rings. The average molecular weight is 248 g/mol. The zero-order valence-electron chi connectivity index (χ0n) is 11.2. The molecule has 0 radical (unpaired) electrons. The van der Waals surface area contributed by atoms with E-state index in [1.165, 1.54) is 5.56 Å². The maximum Gasteiger partial charge on any atom is 0.0674 e. The van der Waals surface area contributed by atoms with E-state index < -0.39 is 0 Å². The Kier molecular flexibility index (Phi) is 5.17. The van der Waals surface area contributed by atoms with Crippen LogP contribution in [0.15, 0.2) is 30.3 Å². The van der Waals surface area contributed by atoms with Gasteiger partial charge in [-0.1, -0.05) is 30.3 Å². The fraction of sp³-hybridized carbons (Fsp3) is 0.600. The summed E-state index contributed by atoms with van der Waals surface area (Å²) in [4.78, 5) is 2.53. The first-order valence-corrected chi connectivity index (χ1v) is 6.92. The normalized spacial score (nSPS) is 23.6. The van der Waals surface area contributed by atoms with Crippen molar-refractivity contribution < 1.29 is 4.74 Å². The van der Waals surface area contributed by atoms with Crippen LogP contribution in [0.1, 0.15) is 31.4 Å². The number of benzene rings is 1. The minimum absolute atomic E-state index is 0.316. The predicted octanol–water partition coefficient (Wildman–Crippen LogP) is 2.19. The van der Waals surface area contributed by atoms with Crippen molar-refractivity contribution in [1.82, 2.24) is 4.90 Å². The van der Waals surface area contributed by atoms with Crippen LogP contribution in [0.3, 0.4) is 0 Å². The minimum Gasteiger partial charge on any atom is -0.377 e. The van der Waals surface area contributed by atoms with Crippen molar-refractivity contribution in [3.63, 3.8) is 0 Å². The molecule has 3 nitrogen and oxygen atoms in total. The molecule has 0 bridgehead atoms. The first-order chi connectivity index (χ1) is 8.81. The molecule has 1 aliphatic heterocycles. The minimum atomic E-state index is 0.316. The summed E-state index contributed by atoms with van der Waals surface area (Å²) in [7, 11) is 0. The molecule has 1 fully saturated rings. The lowest BCUT2D eigenvalue weighted by atomic mass is 10.0. The maximum absolute atomic E-state index is 5.79. The molecule has 2 atom stereocenters. The van der Waals surface area contributed by atoms with E-state index in [2.05, 4.69) is 42.2 Å². The second kappa shape index (κ2) is 6.88. The van der Waals surface area contributed by atoms with E-state index in [9.17, 15) is 0 Å². The summed E-state index contributed by atoms with van der Waals surface area (Å²) >= 11 is 0. The Morgan fingerprint density at radius 2 is 2.17 bits per heavy atom. The fourth-order valence-electron chi connectivity index (χ4n) is 2.70. The molecule has 1 saturated heterocycles. The molecule has 2 N–H and O–H groups in total. The van der Waals surface area contributed by atoms with E-state index in [0.29, 0.717) is 12.1 Å². The molecule has 2 rings (SSSR count). The molecule has 0 aromatic heterocycles. The third-order valence-electron chi connectivity index (χ3n) is 3.55. The quantitative estimate of drug-likeness (QED) is 0.887. The van der Waals surface area contributed by atoms with Gasteiger partial charge in [0.05, 0.1) is 6.10 Å². The molecule has 0 saturated carbocycles. The second-order valence-corrected chi connectivity index (χ2v) is 5.03. The van der Waals surface area contributed by atoms with Gasteiger partial charge in [-0.3, -0.25) is 4.90 Å². The SMILES string of the molecule is CC1CN(C(CCN)c2ccccc2)CCCO1. The monoisotopic (exact) mass is 248 g/mol. The summed E-state index contributed by atoms with van der Waals surface area (Å²) in [5, 5.41) is 0. The Hall–Kier alpha value is -0.900. The molecular formula is C15H24N2O. The van der Waals surface area contributed by atoms with Crippen molar-refractivity contribution in [1.29, 1.82) is 0 Å². The molecule has 0 amide bonds. The smallest absolute Gasteiger partial charge is 0.0674 e. The van der Waals surface area contributed by atoms with Gasteiger partial charge >= 0.3 is 0 Å². The van der Waals surface area contributed by atoms with Crippen LogP contribution >= 0.6 is 0 Å². The highest BCUT2D eigenvalue weighted by atomic mass is 16.5. The molecule has 1 aromatic rings. The Morgan fingerprint density at radius 3 is 2.89 bits per heavy atom. The third-order valence-corrected chi connectivity index (χ3v) is 3.55. The highest BCUT2D eigenvalue weighted by molar-refractivity contribution is 5.19.